The summed E-state index contributed by atoms with van der Waals surface area (Å²) in [4.78, 5) is 23.6. The van der Waals surface area contributed by atoms with Crippen molar-refractivity contribution in [2.75, 3.05) is 6.54 Å². The third-order valence-electron chi connectivity index (χ3n) is 4.14. The molecule has 1 aliphatic rings. The molecule has 0 radical (unpaired) electrons. The Hall–Kier alpha value is -1.88. The average Bonchev–Trinajstić information content (AvgIpc) is 2.48. The van der Waals surface area contributed by atoms with E-state index >= 15 is 0 Å². The van der Waals surface area contributed by atoms with E-state index in [-0.39, 0.29) is 24.4 Å². The molecule has 1 amide bonds. The second kappa shape index (κ2) is 7.22. The second-order valence-corrected chi connectivity index (χ2v) is 5.60. The molecule has 1 saturated carbocycles. The van der Waals surface area contributed by atoms with E-state index < -0.39 is 11.9 Å². The Morgan fingerprint density at radius 1 is 1.24 bits per heavy atom. The summed E-state index contributed by atoms with van der Waals surface area (Å²) in [6.45, 7) is 0.0986. The number of amides is 1. The summed E-state index contributed by atoms with van der Waals surface area (Å²) in [5.41, 5.74) is 6.67. The number of hydrogen-bond acceptors (Lipinski definition) is 3. The Bertz CT molecular complexity index is 490. The second-order valence-electron chi connectivity index (χ2n) is 5.60. The zero-order valence-electron chi connectivity index (χ0n) is 12.0. The Labute approximate surface area is 124 Å². The lowest BCUT2D eigenvalue weighted by Gasteiger charge is -2.28. The molecule has 3 unspecified atom stereocenters. The van der Waals surface area contributed by atoms with Gasteiger partial charge in [-0.15, -0.1) is 0 Å². The van der Waals surface area contributed by atoms with Gasteiger partial charge in [0.15, 0.2) is 0 Å². The van der Waals surface area contributed by atoms with Crippen molar-refractivity contribution in [3.8, 4) is 0 Å². The van der Waals surface area contributed by atoms with Crippen molar-refractivity contribution < 1.29 is 14.7 Å². The molecule has 4 N–H and O–H groups in total. The molecule has 0 spiro atoms. The molecular weight excluding hydrogens is 268 g/mol. The fraction of sp³-hybridized carbons (Fsp3) is 0.500. The maximum atomic E-state index is 12.2. The first-order chi connectivity index (χ1) is 10.1. The summed E-state index contributed by atoms with van der Waals surface area (Å²) in [7, 11) is 0. The SMILES string of the molecule is NC1CCCCC1C(=O)NCC(C(=O)O)c1ccccc1. The first kappa shape index (κ1) is 15.5. The number of carbonyl (C=O) groups excluding carboxylic acids is 1. The predicted molar refractivity (Wildman–Crippen MR) is 79.8 cm³/mol. The normalized spacial score (nSPS) is 23.3. The van der Waals surface area contributed by atoms with Gasteiger partial charge < -0.3 is 16.2 Å². The minimum absolute atomic E-state index is 0.0986. The smallest absolute Gasteiger partial charge is 0.312 e. The topological polar surface area (TPSA) is 92.4 Å². The zero-order chi connectivity index (χ0) is 15.2. The van der Waals surface area contributed by atoms with Gasteiger partial charge >= 0.3 is 5.97 Å². The Morgan fingerprint density at radius 2 is 1.90 bits per heavy atom. The van der Waals surface area contributed by atoms with Crippen molar-refractivity contribution in [2.45, 2.75) is 37.6 Å². The summed E-state index contributed by atoms with van der Waals surface area (Å²) in [6, 6.07) is 8.84. The molecule has 0 saturated heterocycles. The molecule has 3 atom stereocenters. The van der Waals surface area contributed by atoms with Crippen LogP contribution in [-0.4, -0.2) is 29.6 Å². The lowest BCUT2D eigenvalue weighted by atomic mass is 9.84. The highest BCUT2D eigenvalue weighted by Gasteiger charge is 2.29. The molecule has 21 heavy (non-hydrogen) atoms. The van der Waals surface area contributed by atoms with Crippen LogP contribution >= 0.6 is 0 Å². The number of aliphatic carboxylic acids is 1. The summed E-state index contributed by atoms with van der Waals surface area (Å²) in [5.74, 6) is -1.97. The first-order valence-electron chi connectivity index (χ1n) is 7.40. The Kier molecular flexibility index (Phi) is 5.33. The lowest BCUT2D eigenvalue weighted by molar-refractivity contribution is -0.138. The van der Waals surface area contributed by atoms with Gasteiger partial charge in [-0.25, -0.2) is 0 Å². The van der Waals surface area contributed by atoms with Gasteiger partial charge in [-0.1, -0.05) is 43.2 Å². The monoisotopic (exact) mass is 290 g/mol. The summed E-state index contributed by atoms with van der Waals surface area (Å²) in [5, 5.41) is 12.1. The molecule has 0 aliphatic heterocycles. The van der Waals surface area contributed by atoms with Gasteiger partial charge in [0.25, 0.3) is 0 Å². The molecule has 1 aromatic rings. The average molecular weight is 290 g/mol. The number of rotatable bonds is 5. The van der Waals surface area contributed by atoms with Crippen LogP contribution in [0.2, 0.25) is 0 Å². The standard InChI is InChI=1S/C16H22N2O3/c17-14-9-5-4-8-12(14)15(19)18-10-13(16(20)21)11-6-2-1-3-7-11/h1-3,6-7,12-14H,4-5,8-10,17H2,(H,18,19)(H,20,21). The maximum Gasteiger partial charge on any atom is 0.312 e. The number of hydrogen-bond donors (Lipinski definition) is 3. The van der Waals surface area contributed by atoms with Crippen LogP contribution < -0.4 is 11.1 Å². The van der Waals surface area contributed by atoms with Gasteiger partial charge in [-0.2, -0.15) is 0 Å². The van der Waals surface area contributed by atoms with Crippen molar-refractivity contribution in [2.24, 2.45) is 11.7 Å². The van der Waals surface area contributed by atoms with Gasteiger partial charge in [0.1, 0.15) is 0 Å². The minimum atomic E-state index is -0.936. The van der Waals surface area contributed by atoms with Gasteiger partial charge in [0.05, 0.1) is 11.8 Å². The molecule has 0 bridgehead atoms. The largest absolute Gasteiger partial charge is 0.481 e. The van der Waals surface area contributed by atoms with Gasteiger partial charge in [0.2, 0.25) is 5.91 Å². The molecule has 5 nitrogen and oxygen atoms in total. The molecule has 1 aliphatic carbocycles. The van der Waals surface area contributed by atoms with Crippen LogP contribution in [0, 0.1) is 5.92 Å². The van der Waals surface area contributed by atoms with Crippen molar-refractivity contribution in [1.29, 1.82) is 0 Å². The summed E-state index contributed by atoms with van der Waals surface area (Å²) < 4.78 is 0. The summed E-state index contributed by atoms with van der Waals surface area (Å²) >= 11 is 0. The molecule has 1 fully saturated rings. The van der Waals surface area contributed by atoms with Crippen LogP contribution in [0.1, 0.15) is 37.2 Å². The highest BCUT2D eigenvalue weighted by atomic mass is 16.4. The van der Waals surface area contributed by atoms with E-state index in [1.54, 1.807) is 24.3 Å². The van der Waals surface area contributed by atoms with Crippen molar-refractivity contribution in [1.82, 2.24) is 5.32 Å². The fourth-order valence-corrected chi connectivity index (χ4v) is 2.85. The quantitative estimate of drug-likeness (QED) is 0.766. The van der Waals surface area contributed by atoms with Gasteiger partial charge in [0, 0.05) is 12.6 Å². The van der Waals surface area contributed by atoms with E-state index in [2.05, 4.69) is 5.32 Å². The molecule has 1 aromatic carbocycles. The predicted octanol–water partition coefficient (Wildman–Crippen LogP) is 1.49. The highest BCUT2D eigenvalue weighted by Crippen LogP contribution is 2.23. The van der Waals surface area contributed by atoms with Gasteiger partial charge in [-0.3, -0.25) is 9.59 Å². The van der Waals surface area contributed by atoms with Crippen LogP contribution in [0.4, 0.5) is 0 Å². The fourth-order valence-electron chi connectivity index (χ4n) is 2.85. The Morgan fingerprint density at radius 3 is 2.52 bits per heavy atom. The van der Waals surface area contributed by atoms with Crippen LogP contribution in [0.25, 0.3) is 0 Å². The van der Waals surface area contributed by atoms with Crippen LogP contribution in [0.15, 0.2) is 30.3 Å². The van der Waals surface area contributed by atoms with E-state index in [4.69, 9.17) is 5.73 Å². The van der Waals surface area contributed by atoms with Crippen LogP contribution in [0.5, 0.6) is 0 Å². The highest BCUT2D eigenvalue weighted by molar-refractivity contribution is 5.81. The van der Waals surface area contributed by atoms with E-state index in [0.29, 0.717) is 5.56 Å². The number of nitrogens with two attached hydrogens (primary N) is 1. The van der Waals surface area contributed by atoms with Crippen molar-refractivity contribution in [3.63, 3.8) is 0 Å². The number of nitrogens with one attached hydrogen (secondary N) is 1. The molecule has 0 heterocycles. The number of benzene rings is 1. The zero-order valence-corrected chi connectivity index (χ0v) is 12.0. The first-order valence-corrected chi connectivity index (χ1v) is 7.40. The third kappa shape index (κ3) is 4.04. The van der Waals surface area contributed by atoms with Crippen LogP contribution in [0.3, 0.4) is 0 Å². The minimum Gasteiger partial charge on any atom is -0.481 e. The van der Waals surface area contributed by atoms with E-state index in [1.807, 2.05) is 6.07 Å². The van der Waals surface area contributed by atoms with Gasteiger partial charge in [-0.05, 0) is 18.4 Å². The third-order valence-corrected chi connectivity index (χ3v) is 4.14. The number of carboxylic acids is 1. The molecular formula is C16H22N2O3. The molecule has 114 valence electrons. The van der Waals surface area contributed by atoms with E-state index in [0.717, 1.165) is 25.7 Å². The number of carbonyl (C=O) groups is 2. The van der Waals surface area contributed by atoms with E-state index in [1.165, 1.54) is 0 Å². The number of carboxylic acid groups (broad SMARTS) is 1. The molecule has 5 heteroatoms. The molecule has 0 aromatic heterocycles. The summed E-state index contributed by atoms with van der Waals surface area (Å²) in [6.07, 6.45) is 3.72. The molecule has 2 rings (SSSR count). The Balaban J connectivity index is 1.96. The maximum absolute atomic E-state index is 12.2. The lowest BCUT2D eigenvalue weighted by Crippen LogP contribution is -2.45. The van der Waals surface area contributed by atoms with E-state index in [9.17, 15) is 14.7 Å². The van der Waals surface area contributed by atoms with Crippen molar-refractivity contribution in [3.05, 3.63) is 35.9 Å². The van der Waals surface area contributed by atoms with Crippen LogP contribution in [-0.2, 0) is 9.59 Å². The van der Waals surface area contributed by atoms with Crippen molar-refractivity contribution >= 4 is 11.9 Å².